The van der Waals surface area contributed by atoms with E-state index in [-0.39, 0.29) is 6.42 Å². The first-order chi connectivity index (χ1) is 10.5. The molecule has 6 nitrogen and oxygen atoms in total. The van der Waals surface area contributed by atoms with Gasteiger partial charge in [0.25, 0.3) is 0 Å². The largest absolute Gasteiger partial charge is 0.448 e. The van der Waals surface area contributed by atoms with Crippen LogP contribution in [0, 0.1) is 0 Å². The lowest BCUT2D eigenvalue weighted by molar-refractivity contribution is -0.134. The third kappa shape index (κ3) is 17.4. The van der Waals surface area contributed by atoms with Crippen LogP contribution in [0.15, 0.2) is 0 Å². The molecular weight excluding hydrogens is 306 g/mol. The van der Waals surface area contributed by atoms with Crippen molar-refractivity contribution in [1.82, 2.24) is 5.32 Å². The quantitative estimate of drug-likeness (QED) is 0.352. The van der Waals surface area contributed by atoms with Crippen LogP contribution in [0.1, 0.15) is 77.6 Å². The number of rotatable bonds is 15. The van der Waals surface area contributed by atoms with Crippen molar-refractivity contribution in [3.05, 3.63) is 0 Å². The first-order valence-electron chi connectivity index (χ1n) is 8.36. The fourth-order valence-electron chi connectivity index (χ4n) is 2.21. The van der Waals surface area contributed by atoms with E-state index in [1.54, 1.807) is 0 Å². The van der Waals surface area contributed by atoms with Crippen molar-refractivity contribution < 1.29 is 21.9 Å². The highest BCUT2D eigenvalue weighted by atomic mass is 32.3. The summed E-state index contributed by atoms with van der Waals surface area (Å²) in [6.45, 7) is 3.38. The summed E-state index contributed by atoms with van der Waals surface area (Å²) in [5.41, 5.74) is 0. The average Bonchev–Trinajstić information content (AvgIpc) is 2.42. The SMILES string of the molecule is CCCCCCCCCCCCNCCC(=O)OS(=O)(=O)O. The summed E-state index contributed by atoms with van der Waals surface area (Å²) in [7, 11) is -4.67. The Kier molecular flexibility index (Phi) is 13.5. The van der Waals surface area contributed by atoms with Crippen LogP contribution in [0.2, 0.25) is 0 Å². The van der Waals surface area contributed by atoms with Gasteiger partial charge in [-0.05, 0) is 13.0 Å². The standard InChI is InChI=1S/C15H31NO5S/c1-2-3-4-5-6-7-8-9-10-11-13-16-14-12-15(17)21-22(18,19)20/h16H,2-14H2,1H3,(H,18,19,20). The Balaban J connectivity index is 3.19. The minimum atomic E-state index is -4.67. The molecule has 0 fully saturated rings. The molecule has 0 aliphatic rings. The molecule has 0 rings (SSSR count). The third-order valence-electron chi connectivity index (χ3n) is 3.41. The summed E-state index contributed by atoms with van der Waals surface area (Å²) in [5, 5.41) is 3.05. The zero-order valence-electron chi connectivity index (χ0n) is 13.7. The summed E-state index contributed by atoms with van der Waals surface area (Å²) in [4.78, 5) is 11.0. The average molecular weight is 337 g/mol. The first kappa shape index (κ1) is 21.3. The zero-order chi connectivity index (χ0) is 16.7. The number of nitrogens with one attached hydrogen (secondary N) is 1. The van der Waals surface area contributed by atoms with Gasteiger partial charge < -0.3 is 9.50 Å². The van der Waals surface area contributed by atoms with E-state index in [0.717, 1.165) is 19.4 Å². The van der Waals surface area contributed by atoms with Gasteiger partial charge in [-0.2, -0.15) is 8.42 Å². The molecule has 0 spiro atoms. The Bertz CT molecular complexity index is 370. The summed E-state index contributed by atoms with van der Waals surface area (Å²) >= 11 is 0. The van der Waals surface area contributed by atoms with Crippen LogP contribution >= 0.6 is 0 Å². The van der Waals surface area contributed by atoms with Crippen molar-refractivity contribution in [3.63, 3.8) is 0 Å². The maximum Gasteiger partial charge on any atom is 0.448 e. The number of carbonyl (C=O) groups is 1. The van der Waals surface area contributed by atoms with E-state index in [9.17, 15) is 13.2 Å². The van der Waals surface area contributed by atoms with Gasteiger partial charge in [0.05, 0.1) is 6.42 Å². The van der Waals surface area contributed by atoms with E-state index in [1.807, 2.05) is 0 Å². The lowest BCUT2D eigenvalue weighted by Gasteiger charge is -2.04. The highest BCUT2D eigenvalue weighted by Gasteiger charge is 2.11. The van der Waals surface area contributed by atoms with Gasteiger partial charge in [-0.1, -0.05) is 64.7 Å². The van der Waals surface area contributed by atoms with Crippen molar-refractivity contribution in [3.8, 4) is 0 Å². The zero-order valence-corrected chi connectivity index (χ0v) is 14.5. The summed E-state index contributed by atoms with van der Waals surface area (Å²) in [6.07, 6.45) is 12.7. The maximum absolute atomic E-state index is 11.0. The predicted molar refractivity (Wildman–Crippen MR) is 87.0 cm³/mol. The van der Waals surface area contributed by atoms with Gasteiger partial charge >= 0.3 is 16.4 Å². The van der Waals surface area contributed by atoms with Crippen LogP contribution in [-0.2, 0) is 19.4 Å². The van der Waals surface area contributed by atoms with Gasteiger partial charge in [0.2, 0.25) is 0 Å². The van der Waals surface area contributed by atoms with Crippen LogP contribution in [0.3, 0.4) is 0 Å². The Hall–Kier alpha value is -0.660. The molecule has 22 heavy (non-hydrogen) atoms. The lowest BCUT2D eigenvalue weighted by atomic mass is 10.1. The van der Waals surface area contributed by atoms with E-state index < -0.39 is 16.4 Å². The van der Waals surface area contributed by atoms with E-state index in [0.29, 0.717) is 6.54 Å². The van der Waals surface area contributed by atoms with E-state index in [2.05, 4.69) is 16.4 Å². The van der Waals surface area contributed by atoms with Crippen molar-refractivity contribution in [2.24, 2.45) is 0 Å². The maximum atomic E-state index is 11.0. The van der Waals surface area contributed by atoms with E-state index in [4.69, 9.17) is 4.55 Å². The number of hydrogen-bond donors (Lipinski definition) is 2. The van der Waals surface area contributed by atoms with E-state index >= 15 is 0 Å². The molecule has 7 heteroatoms. The Morgan fingerprint density at radius 3 is 1.91 bits per heavy atom. The second-order valence-electron chi connectivity index (χ2n) is 5.57. The molecule has 0 unspecified atom stereocenters. The second kappa shape index (κ2) is 14.0. The molecule has 0 bridgehead atoms. The molecule has 0 saturated heterocycles. The van der Waals surface area contributed by atoms with Crippen molar-refractivity contribution >= 4 is 16.4 Å². The number of carbonyl (C=O) groups excluding carboxylic acids is 1. The molecule has 0 aromatic carbocycles. The third-order valence-corrected chi connectivity index (χ3v) is 3.81. The predicted octanol–water partition coefficient (Wildman–Crippen LogP) is 3.23. The van der Waals surface area contributed by atoms with Gasteiger partial charge in [0, 0.05) is 6.54 Å². The normalized spacial score (nSPS) is 11.5. The Morgan fingerprint density at radius 1 is 0.909 bits per heavy atom. The molecule has 0 amide bonds. The van der Waals surface area contributed by atoms with Crippen LogP contribution < -0.4 is 5.32 Å². The van der Waals surface area contributed by atoms with Crippen molar-refractivity contribution in [2.75, 3.05) is 13.1 Å². The Labute approximate surface area is 135 Å². The minimum Gasteiger partial charge on any atom is -0.325 e. The molecule has 0 radical (unpaired) electrons. The lowest BCUT2D eigenvalue weighted by Crippen LogP contribution is -2.21. The topological polar surface area (TPSA) is 92.7 Å². The molecule has 0 aliphatic heterocycles. The van der Waals surface area contributed by atoms with Gasteiger partial charge in [-0.15, -0.1) is 0 Å². The van der Waals surface area contributed by atoms with Gasteiger partial charge in [0.15, 0.2) is 0 Å². The molecule has 0 aromatic rings. The fraction of sp³-hybridized carbons (Fsp3) is 0.933. The molecule has 0 atom stereocenters. The summed E-state index contributed by atoms with van der Waals surface area (Å²) in [6, 6.07) is 0. The Morgan fingerprint density at radius 2 is 1.41 bits per heavy atom. The highest BCUT2D eigenvalue weighted by molar-refractivity contribution is 7.81. The number of hydrogen-bond acceptors (Lipinski definition) is 5. The molecular formula is C15H31NO5S. The fourth-order valence-corrected chi connectivity index (χ4v) is 2.53. The van der Waals surface area contributed by atoms with Crippen LogP contribution in [-0.4, -0.2) is 32.0 Å². The van der Waals surface area contributed by atoms with Crippen LogP contribution in [0.4, 0.5) is 0 Å². The molecule has 0 aromatic heterocycles. The van der Waals surface area contributed by atoms with Gasteiger partial charge in [0.1, 0.15) is 0 Å². The molecule has 132 valence electrons. The second-order valence-corrected chi connectivity index (χ2v) is 6.59. The van der Waals surface area contributed by atoms with Gasteiger partial charge in [-0.3, -0.25) is 9.35 Å². The van der Waals surface area contributed by atoms with Crippen LogP contribution in [0.25, 0.3) is 0 Å². The molecule has 0 aliphatic carbocycles. The van der Waals surface area contributed by atoms with Crippen LogP contribution in [0.5, 0.6) is 0 Å². The monoisotopic (exact) mass is 337 g/mol. The summed E-state index contributed by atoms with van der Waals surface area (Å²) < 4.78 is 32.6. The van der Waals surface area contributed by atoms with Crippen molar-refractivity contribution in [1.29, 1.82) is 0 Å². The number of unbranched alkanes of at least 4 members (excludes halogenated alkanes) is 9. The molecule has 2 N–H and O–H groups in total. The van der Waals surface area contributed by atoms with E-state index in [1.165, 1.54) is 51.4 Å². The molecule has 0 saturated carbocycles. The first-order valence-corrected chi connectivity index (χ1v) is 9.72. The van der Waals surface area contributed by atoms with Crippen molar-refractivity contribution in [2.45, 2.75) is 77.6 Å². The minimum absolute atomic E-state index is 0.0719. The smallest absolute Gasteiger partial charge is 0.325 e. The summed E-state index contributed by atoms with van der Waals surface area (Å²) in [5.74, 6) is -0.946. The van der Waals surface area contributed by atoms with Gasteiger partial charge in [-0.25, -0.2) is 0 Å². The molecule has 0 heterocycles. The highest BCUT2D eigenvalue weighted by Crippen LogP contribution is 2.10.